The minimum absolute atomic E-state index is 0.0103. The van der Waals surface area contributed by atoms with Crippen molar-refractivity contribution >= 4 is 35.3 Å². The number of amides is 2. The smallest absolute Gasteiger partial charge is 0.246 e. The molecule has 0 aliphatic carbocycles. The molecule has 0 saturated carbocycles. The summed E-state index contributed by atoms with van der Waals surface area (Å²) in [4.78, 5) is 48.1. The monoisotopic (exact) mass is 590 g/mol. The van der Waals surface area contributed by atoms with Gasteiger partial charge in [0.05, 0.1) is 28.2 Å². The van der Waals surface area contributed by atoms with E-state index in [9.17, 15) is 9.59 Å². The van der Waals surface area contributed by atoms with Crippen LogP contribution in [0.3, 0.4) is 0 Å². The van der Waals surface area contributed by atoms with Gasteiger partial charge in [-0.1, -0.05) is 40.3 Å². The molecule has 43 heavy (non-hydrogen) atoms. The van der Waals surface area contributed by atoms with Gasteiger partial charge in [0.25, 0.3) is 0 Å². The number of amidine groups is 1. The van der Waals surface area contributed by atoms with Crippen LogP contribution in [0.1, 0.15) is 56.5 Å². The number of halogens is 2. The van der Waals surface area contributed by atoms with Gasteiger partial charge < -0.3 is 15.5 Å². The molecule has 12 heteroatoms. The molecule has 0 unspecified atom stereocenters. The van der Waals surface area contributed by atoms with Gasteiger partial charge in [0, 0.05) is 38.9 Å². The molecular weight excluding hydrogens is 554 g/mol. The van der Waals surface area contributed by atoms with E-state index in [0.717, 1.165) is 0 Å². The molecule has 3 heterocycles. The van der Waals surface area contributed by atoms with Crippen molar-refractivity contribution in [1.82, 2.24) is 24.8 Å². The van der Waals surface area contributed by atoms with Crippen LogP contribution in [-0.2, 0) is 9.59 Å². The molecule has 10 nitrogen and oxygen atoms in total. The van der Waals surface area contributed by atoms with Crippen molar-refractivity contribution in [2.45, 2.75) is 39.5 Å². The molecule has 4 rings (SSSR count). The van der Waals surface area contributed by atoms with Crippen LogP contribution in [0.2, 0.25) is 0 Å². The Morgan fingerprint density at radius 1 is 1.05 bits per heavy atom. The van der Waals surface area contributed by atoms with Crippen molar-refractivity contribution in [1.29, 1.82) is 0 Å². The molecule has 1 saturated heterocycles. The number of piperazine rings is 1. The molecule has 226 valence electrons. The van der Waals surface area contributed by atoms with Gasteiger partial charge in [0.15, 0.2) is 11.6 Å². The van der Waals surface area contributed by atoms with Crippen molar-refractivity contribution in [3.63, 3.8) is 0 Å². The number of nitrogens with two attached hydrogens (primary N) is 1. The van der Waals surface area contributed by atoms with Crippen LogP contribution in [0.5, 0.6) is 0 Å². The SMILES string of the molecule is C=CC(=O)N1CCN(C(=NC)c2cc(F)c(-c3c(N)cccc3F)nc2N(C=O)c2c(C(C)C)ncnc2C(C)C)CC1. The minimum Gasteiger partial charge on any atom is -0.398 e. The third-order valence-corrected chi connectivity index (χ3v) is 7.30. The van der Waals surface area contributed by atoms with Crippen LogP contribution in [0.25, 0.3) is 11.3 Å². The second-order valence-electron chi connectivity index (χ2n) is 10.7. The summed E-state index contributed by atoms with van der Waals surface area (Å²) >= 11 is 0. The summed E-state index contributed by atoms with van der Waals surface area (Å²) in [5.74, 6) is -1.66. The lowest BCUT2D eigenvalue weighted by Gasteiger charge is -2.37. The fourth-order valence-electron chi connectivity index (χ4n) is 5.20. The van der Waals surface area contributed by atoms with E-state index in [4.69, 9.17) is 5.73 Å². The second-order valence-corrected chi connectivity index (χ2v) is 10.7. The number of carbonyl (C=O) groups is 2. The number of rotatable bonds is 8. The van der Waals surface area contributed by atoms with Gasteiger partial charge in [-0.15, -0.1) is 0 Å². The van der Waals surface area contributed by atoms with Crippen LogP contribution in [0.15, 0.2) is 48.2 Å². The highest BCUT2D eigenvalue weighted by atomic mass is 19.1. The average molecular weight is 591 g/mol. The van der Waals surface area contributed by atoms with E-state index in [1.807, 2.05) is 32.6 Å². The molecule has 2 N–H and O–H groups in total. The zero-order valence-corrected chi connectivity index (χ0v) is 25.0. The first-order chi connectivity index (χ1) is 20.5. The topological polar surface area (TPSA) is 121 Å². The lowest BCUT2D eigenvalue weighted by Crippen LogP contribution is -2.50. The number of carbonyl (C=O) groups excluding carboxylic acids is 2. The maximum Gasteiger partial charge on any atom is 0.246 e. The Kier molecular flexibility index (Phi) is 9.47. The molecule has 0 radical (unpaired) electrons. The number of nitrogens with zero attached hydrogens (tertiary/aromatic N) is 7. The lowest BCUT2D eigenvalue weighted by atomic mass is 10.00. The van der Waals surface area contributed by atoms with E-state index in [-0.39, 0.29) is 46.1 Å². The first-order valence-electron chi connectivity index (χ1n) is 14.0. The zero-order valence-electron chi connectivity index (χ0n) is 25.0. The highest BCUT2D eigenvalue weighted by Crippen LogP contribution is 2.39. The van der Waals surface area contributed by atoms with Gasteiger partial charge in [-0.05, 0) is 36.1 Å². The highest BCUT2D eigenvalue weighted by Gasteiger charge is 2.32. The predicted octanol–water partition coefficient (Wildman–Crippen LogP) is 4.65. The molecule has 0 spiro atoms. The number of hydrogen-bond acceptors (Lipinski definition) is 7. The standard InChI is InChI=1S/C31H36F2N8O2/c1-7-24(43)39-11-13-40(14-12-39)30(35-6)20-15-22(33)28(25-21(32)9-8-10-23(25)34)38-31(20)41(17-42)29-26(18(2)3)36-16-37-27(29)19(4)5/h7-10,15-19H,1,11-14,34H2,2-6H3. The zero-order chi connectivity index (χ0) is 31.4. The third-order valence-electron chi connectivity index (χ3n) is 7.30. The van der Waals surface area contributed by atoms with Gasteiger partial charge in [0.2, 0.25) is 12.3 Å². The first-order valence-corrected chi connectivity index (χ1v) is 14.0. The van der Waals surface area contributed by atoms with E-state index in [2.05, 4.69) is 26.5 Å². The Morgan fingerprint density at radius 3 is 2.16 bits per heavy atom. The van der Waals surface area contributed by atoms with E-state index in [1.54, 1.807) is 11.9 Å². The number of nitrogen functional groups attached to an aromatic ring is 1. The lowest BCUT2D eigenvalue weighted by molar-refractivity contribution is -0.127. The fourth-order valence-corrected chi connectivity index (χ4v) is 5.20. The predicted molar refractivity (Wildman–Crippen MR) is 163 cm³/mol. The van der Waals surface area contributed by atoms with Crippen LogP contribution in [0, 0.1) is 11.6 Å². The molecule has 0 bridgehead atoms. The molecule has 1 fully saturated rings. The Balaban J connectivity index is 1.99. The second kappa shape index (κ2) is 13.1. The number of pyridine rings is 1. The van der Waals surface area contributed by atoms with Crippen molar-refractivity contribution in [2.24, 2.45) is 4.99 Å². The molecule has 1 aliphatic heterocycles. The van der Waals surface area contributed by atoms with Crippen molar-refractivity contribution < 1.29 is 18.4 Å². The maximum atomic E-state index is 16.0. The third kappa shape index (κ3) is 6.08. The number of hydrogen-bond donors (Lipinski definition) is 1. The van der Waals surface area contributed by atoms with Crippen LogP contribution >= 0.6 is 0 Å². The Hall–Kier alpha value is -4.74. The first kappa shape index (κ1) is 31.2. The van der Waals surface area contributed by atoms with Gasteiger partial charge in [-0.3, -0.25) is 19.5 Å². The number of aliphatic imine (C=N–C) groups is 1. The van der Waals surface area contributed by atoms with Gasteiger partial charge >= 0.3 is 0 Å². The summed E-state index contributed by atoms with van der Waals surface area (Å²) in [6.07, 6.45) is 3.28. The number of aromatic nitrogens is 3. The molecule has 1 aromatic carbocycles. The molecular formula is C31H36F2N8O2. The summed E-state index contributed by atoms with van der Waals surface area (Å²) in [5, 5.41) is 0. The van der Waals surface area contributed by atoms with Crippen molar-refractivity contribution in [3.05, 3.63) is 71.8 Å². The van der Waals surface area contributed by atoms with E-state index in [0.29, 0.717) is 55.5 Å². The summed E-state index contributed by atoms with van der Waals surface area (Å²) in [6, 6.07) is 5.23. The van der Waals surface area contributed by atoms with E-state index >= 15 is 8.78 Å². The molecule has 2 aromatic heterocycles. The summed E-state index contributed by atoms with van der Waals surface area (Å²) in [6.45, 7) is 12.9. The Labute approximate surface area is 250 Å². The van der Waals surface area contributed by atoms with Crippen molar-refractivity contribution in [2.75, 3.05) is 43.9 Å². The maximum absolute atomic E-state index is 16.0. The van der Waals surface area contributed by atoms with Crippen LogP contribution in [-0.4, -0.2) is 76.1 Å². The molecule has 3 aromatic rings. The minimum atomic E-state index is -0.847. The Bertz CT molecular complexity index is 1520. The van der Waals surface area contributed by atoms with E-state index in [1.165, 1.54) is 41.6 Å². The normalized spacial score (nSPS) is 13.9. The van der Waals surface area contributed by atoms with Crippen LogP contribution in [0.4, 0.5) is 26.0 Å². The number of anilines is 3. The van der Waals surface area contributed by atoms with Gasteiger partial charge in [0.1, 0.15) is 23.7 Å². The Morgan fingerprint density at radius 2 is 1.65 bits per heavy atom. The van der Waals surface area contributed by atoms with E-state index < -0.39 is 11.6 Å². The van der Waals surface area contributed by atoms with Crippen molar-refractivity contribution in [3.8, 4) is 11.3 Å². The summed E-state index contributed by atoms with van der Waals surface area (Å²) in [7, 11) is 1.55. The largest absolute Gasteiger partial charge is 0.398 e. The van der Waals surface area contributed by atoms with Gasteiger partial charge in [-0.2, -0.15) is 0 Å². The number of benzene rings is 1. The molecule has 0 atom stereocenters. The highest BCUT2D eigenvalue weighted by molar-refractivity contribution is 6.06. The molecule has 2 amide bonds. The fraction of sp³-hybridized carbons (Fsp3) is 0.355. The molecule has 1 aliphatic rings. The van der Waals surface area contributed by atoms with Gasteiger partial charge in [-0.25, -0.2) is 23.7 Å². The van der Waals surface area contributed by atoms with Crippen LogP contribution < -0.4 is 10.6 Å². The average Bonchev–Trinajstić information content (AvgIpc) is 2.99. The summed E-state index contributed by atoms with van der Waals surface area (Å²) in [5.41, 5.74) is 7.28. The quantitative estimate of drug-likeness (QED) is 0.133. The summed E-state index contributed by atoms with van der Waals surface area (Å²) < 4.78 is 31.1.